The van der Waals surface area contributed by atoms with Crippen LogP contribution in [0, 0.1) is 0 Å². The first-order valence-corrected chi connectivity index (χ1v) is 5.17. The van der Waals surface area contributed by atoms with E-state index in [0.717, 1.165) is 12.8 Å². The van der Waals surface area contributed by atoms with Gasteiger partial charge in [-0.05, 0) is 33.6 Å². The Labute approximate surface area is 84.7 Å². The Hall–Kier alpha value is -0.990. The van der Waals surface area contributed by atoms with Gasteiger partial charge in [0.2, 0.25) is 0 Å². The summed E-state index contributed by atoms with van der Waals surface area (Å²) < 4.78 is 5.35. The molecule has 2 heterocycles. The minimum Gasteiger partial charge on any atom is -0.444 e. The first-order valence-electron chi connectivity index (χ1n) is 5.17. The van der Waals surface area contributed by atoms with Crippen LogP contribution in [0.3, 0.4) is 0 Å². The second kappa shape index (κ2) is 3.01. The summed E-state index contributed by atoms with van der Waals surface area (Å²) >= 11 is 0. The molecule has 2 aliphatic rings. The summed E-state index contributed by atoms with van der Waals surface area (Å²) in [5.41, 5.74) is -0.390. The minimum absolute atomic E-state index is 0.171. The van der Waals surface area contributed by atoms with E-state index in [1.54, 1.807) is 0 Å². The van der Waals surface area contributed by atoms with E-state index < -0.39 is 0 Å². The van der Waals surface area contributed by atoms with Gasteiger partial charge >= 0.3 is 6.09 Å². The minimum atomic E-state index is -0.390. The molecular formula is C11H17NO2. The Balaban J connectivity index is 2.01. The highest BCUT2D eigenvalue weighted by Gasteiger charge is 2.40. The maximum absolute atomic E-state index is 11.8. The molecule has 3 heteroatoms. The highest BCUT2D eigenvalue weighted by atomic mass is 16.6. The second-order valence-electron chi connectivity index (χ2n) is 4.98. The number of nitrogens with zero attached hydrogens (tertiary/aromatic N) is 1. The monoisotopic (exact) mass is 195 g/mol. The van der Waals surface area contributed by atoms with E-state index in [4.69, 9.17) is 4.74 Å². The average molecular weight is 195 g/mol. The molecule has 0 unspecified atom stereocenters. The fraction of sp³-hybridized carbons (Fsp3) is 0.727. The standard InChI is InChI=1S/C11H17NO2/c1-11(2,3)14-10(13)12-8-4-5-9(12)7-6-8/h4-5,8-9H,6-7H2,1-3H3/t8-,9+. The smallest absolute Gasteiger partial charge is 0.411 e. The maximum Gasteiger partial charge on any atom is 0.411 e. The second-order valence-corrected chi connectivity index (χ2v) is 4.98. The van der Waals surface area contributed by atoms with Gasteiger partial charge in [0.05, 0.1) is 12.1 Å². The molecule has 0 aliphatic carbocycles. The molecule has 2 bridgehead atoms. The molecule has 0 radical (unpaired) electrons. The van der Waals surface area contributed by atoms with Gasteiger partial charge < -0.3 is 4.74 Å². The topological polar surface area (TPSA) is 29.5 Å². The zero-order valence-electron chi connectivity index (χ0n) is 8.99. The number of rotatable bonds is 0. The van der Waals surface area contributed by atoms with Crippen LogP contribution in [0.4, 0.5) is 4.79 Å². The predicted molar refractivity (Wildman–Crippen MR) is 54.0 cm³/mol. The van der Waals surface area contributed by atoms with Gasteiger partial charge in [0.15, 0.2) is 0 Å². The van der Waals surface area contributed by atoms with Crippen molar-refractivity contribution in [2.75, 3.05) is 0 Å². The number of hydrogen-bond donors (Lipinski definition) is 0. The van der Waals surface area contributed by atoms with Gasteiger partial charge in [0.25, 0.3) is 0 Å². The Morgan fingerprint density at radius 2 is 1.79 bits per heavy atom. The fourth-order valence-electron chi connectivity index (χ4n) is 2.09. The quantitative estimate of drug-likeness (QED) is 0.555. The summed E-state index contributed by atoms with van der Waals surface area (Å²) in [6, 6.07) is 0.574. The number of ether oxygens (including phenoxy) is 1. The molecule has 2 aliphatic heterocycles. The molecular weight excluding hydrogens is 178 g/mol. The van der Waals surface area contributed by atoms with Crippen molar-refractivity contribution < 1.29 is 9.53 Å². The zero-order valence-corrected chi connectivity index (χ0v) is 8.99. The van der Waals surface area contributed by atoms with Crippen LogP contribution in [-0.2, 0) is 4.74 Å². The van der Waals surface area contributed by atoms with Crippen LogP contribution < -0.4 is 0 Å². The summed E-state index contributed by atoms with van der Waals surface area (Å²) in [7, 11) is 0. The lowest BCUT2D eigenvalue weighted by Gasteiger charge is -2.27. The summed E-state index contributed by atoms with van der Waals surface area (Å²) in [5, 5.41) is 0. The number of carbonyl (C=O) groups excluding carboxylic acids is 1. The average Bonchev–Trinajstić information content (AvgIpc) is 2.57. The van der Waals surface area contributed by atoms with E-state index in [0.29, 0.717) is 0 Å². The lowest BCUT2D eigenvalue weighted by atomic mass is 10.1. The number of carbonyl (C=O) groups is 1. The lowest BCUT2D eigenvalue weighted by Crippen LogP contribution is -2.40. The molecule has 1 fully saturated rings. The van der Waals surface area contributed by atoms with E-state index in [2.05, 4.69) is 12.2 Å². The molecule has 0 spiro atoms. The molecule has 2 rings (SSSR count). The molecule has 0 aromatic carbocycles. The SMILES string of the molecule is CC(C)(C)OC(=O)N1[C@@H]2C=C[C@H]1CC2. The van der Waals surface area contributed by atoms with E-state index in [9.17, 15) is 4.79 Å². The Bertz CT molecular complexity index is 264. The molecule has 1 saturated heterocycles. The summed E-state index contributed by atoms with van der Waals surface area (Å²) in [6.07, 6.45) is 6.21. The molecule has 78 valence electrons. The normalized spacial score (nSPS) is 29.8. The first kappa shape index (κ1) is 9.56. The van der Waals surface area contributed by atoms with Gasteiger partial charge in [-0.2, -0.15) is 0 Å². The molecule has 1 amide bonds. The van der Waals surface area contributed by atoms with Crippen LogP contribution in [-0.4, -0.2) is 28.7 Å². The highest BCUT2D eigenvalue weighted by molar-refractivity contribution is 5.71. The summed E-state index contributed by atoms with van der Waals surface area (Å²) in [5.74, 6) is 0. The van der Waals surface area contributed by atoms with Crippen molar-refractivity contribution in [1.82, 2.24) is 4.90 Å². The van der Waals surface area contributed by atoms with Crippen LogP contribution in [0.1, 0.15) is 33.6 Å². The molecule has 0 aromatic rings. The van der Waals surface area contributed by atoms with Crippen molar-refractivity contribution in [2.45, 2.75) is 51.3 Å². The fourth-order valence-corrected chi connectivity index (χ4v) is 2.09. The van der Waals surface area contributed by atoms with Crippen LogP contribution in [0.15, 0.2) is 12.2 Å². The van der Waals surface area contributed by atoms with E-state index in [1.807, 2.05) is 25.7 Å². The number of fused-ring (bicyclic) bond motifs is 2. The van der Waals surface area contributed by atoms with E-state index in [1.165, 1.54) is 0 Å². The third-order valence-electron chi connectivity index (χ3n) is 2.63. The first-order chi connectivity index (χ1) is 6.47. The van der Waals surface area contributed by atoms with Gasteiger partial charge in [0, 0.05) is 0 Å². The Kier molecular flexibility index (Phi) is 2.05. The van der Waals surface area contributed by atoms with Crippen LogP contribution in [0.2, 0.25) is 0 Å². The summed E-state index contributed by atoms with van der Waals surface area (Å²) in [4.78, 5) is 13.6. The van der Waals surface area contributed by atoms with Gasteiger partial charge in [-0.1, -0.05) is 12.2 Å². The van der Waals surface area contributed by atoms with Crippen molar-refractivity contribution >= 4 is 6.09 Å². The molecule has 14 heavy (non-hydrogen) atoms. The highest BCUT2D eigenvalue weighted by Crippen LogP contribution is 2.32. The summed E-state index contributed by atoms with van der Waals surface area (Å²) in [6.45, 7) is 5.70. The third kappa shape index (κ3) is 1.63. The van der Waals surface area contributed by atoms with Crippen LogP contribution in [0.5, 0.6) is 0 Å². The Morgan fingerprint density at radius 3 is 2.14 bits per heavy atom. The van der Waals surface area contributed by atoms with E-state index in [-0.39, 0.29) is 23.8 Å². The largest absolute Gasteiger partial charge is 0.444 e. The number of amides is 1. The molecule has 3 nitrogen and oxygen atoms in total. The van der Waals surface area contributed by atoms with Gasteiger partial charge in [-0.25, -0.2) is 4.79 Å². The van der Waals surface area contributed by atoms with Crippen molar-refractivity contribution in [3.8, 4) is 0 Å². The maximum atomic E-state index is 11.8. The van der Waals surface area contributed by atoms with Crippen molar-refractivity contribution in [2.24, 2.45) is 0 Å². The predicted octanol–water partition coefficient (Wildman–Crippen LogP) is 2.32. The molecule has 0 aromatic heterocycles. The molecule has 0 N–H and O–H groups in total. The third-order valence-corrected chi connectivity index (χ3v) is 2.63. The lowest BCUT2D eigenvalue weighted by molar-refractivity contribution is 0.0232. The van der Waals surface area contributed by atoms with Crippen molar-refractivity contribution in [1.29, 1.82) is 0 Å². The Morgan fingerprint density at radius 1 is 1.29 bits per heavy atom. The van der Waals surface area contributed by atoms with E-state index >= 15 is 0 Å². The molecule has 0 saturated carbocycles. The van der Waals surface area contributed by atoms with Gasteiger partial charge in [0.1, 0.15) is 5.60 Å². The molecule has 2 atom stereocenters. The zero-order chi connectivity index (χ0) is 10.3. The van der Waals surface area contributed by atoms with Crippen molar-refractivity contribution in [3.05, 3.63) is 12.2 Å². The van der Waals surface area contributed by atoms with Gasteiger partial charge in [-0.15, -0.1) is 0 Å². The van der Waals surface area contributed by atoms with Crippen LogP contribution in [0.25, 0.3) is 0 Å². The van der Waals surface area contributed by atoms with Crippen molar-refractivity contribution in [3.63, 3.8) is 0 Å². The van der Waals surface area contributed by atoms with Gasteiger partial charge in [-0.3, -0.25) is 4.90 Å². The number of hydrogen-bond acceptors (Lipinski definition) is 2. The van der Waals surface area contributed by atoms with Crippen LogP contribution >= 0.6 is 0 Å².